The molecule has 3 aliphatic rings. The highest BCUT2D eigenvalue weighted by Gasteiger charge is 2.49. The van der Waals surface area contributed by atoms with Gasteiger partial charge in [-0.3, -0.25) is 4.79 Å². The van der Waals surface area contributed by atoms with E-state index in [1.165, 1.54) is 43.3 Å². The van der Waals surface area contributed by atoms with Gasteiger partial charge >= 0.3 is 5.97 Å². The van der Waals surface area contributed by atoms with Gasteiger partial charge in [-0.15, -0.1) is 0 Å². The Morgan fingerprint density at radius 2 is 1.23 bits per heavy atom. The molecule has 15 atom stereocenters. The lowest BCUT2D eigenvalue weighted by atomic mass is 9.98. The van der Waals surface area contributed by atoms with E-state index >= 15 is 0 Å². The molecule has 3 aromatic carbocycles. The van der Waals surface area contributed by atoms with E-state index < -0.39 is 156 Å². The molecule has 3 saturated heterocycles. The number of phenolic OH excluding ortho intramolecular Hbond substituents is 4. The number of benzene rings is 3. The third-order valence-electron chi connectivity index (χ3n) is 10.9. The van der Waals surface area contributed by atoms with Crippen LogP contribution >= 0.6 is 0 Å². The summed E-state index contributed by atoms with van der Waals surface area (Å²) in [4.78, 5) is 26.6. The first-order valence-electron chi connectivity index (χ1n) is 19.9. The van der Waals surface area contributed by atoms with Crippen molar-refractivity contribution >= 4 is 23.0 Å². The van der Waals surface area contributed by atoms with Gasteiger partial charge in [0.25, 0.3) is 0 Å². The predicted octanol–water partition coefficient (Wildman–Crippen LogP) is -2.24. The summed E-state index contributed by atoms with van der Waals surface area (Å²) in [6.45, 7) is -0.0256. The van der Waals surface area contributed by atoms with E-state index in [0.717, 1.165) is 30.3 Å². The van der Waals surface area contributed by atoms with Crippen LogP contribution in [-0.2, 0) is 28.5 Å². The maximum atomic E-state index is 14.2. The third-order valence-corrected chi connectivity index (χ3v) is 10.9. The molecular weight excluding hydrogens is 872 g/mol. The number of aliphatic hydroxyl groups is 9. The summed E-state index contributed by atoms with van der Waals surface area (Å²) in [6.07, 6.45) is -23.8. The molecule has 65 heavy (non-hydrogen) atoms. The lowest BCUT2D eigenvalue weighted by Crippen LogP contribution is -2.62. The normalized spacial score (nSPS) is 32.9. The molecular formula is C42H46O23. The minimum Gasteiger partial charge on any atom is -0.508 e. The van der Waals surface area contributed by atoms with Crippen LogP contribution in [0.2, 0.25) is 0 Å². The first-order valence-corrected chi connectivity index (χ1v) is 19.9. The highest BCUT2D eigenvalue weighted by atomic mass is 16.7. The topological polar surface area (TPSA) is 375 Å². The molecule has 23 nitrogen and oxygen atoms in total. The Hall–Kier alpha value is -5.64. The van der Waals surface area contributed by atoms with Gasteiger partial charge in [-0.25, -0.2) is 4.79 Å². The smallest absolute Gasteiger partial charge is 0.330 e. The second kappa shape index (κ2) is 19.4. The average Bonchev–Trinajstić information content (AvgIpc) is 3.27. The molecule has 13 N–H and O–H groups in total. The fourth-order valence-electron chi connectivity index (χ4n) is 7.14. The summed E-state index contributed by atoms with van der Waals surface area (Å²) in [5.41, 5.74) is -1.13. The van der Waals surface area contributed by atoms with Gasteiger partial charge in [-0.1, -0.05) is 12.1 Å². The molecule has 1 aromatic heterocycles. The molecule has 0 aliphatic carbocycles. The van der Waals surface area contributed by atoms with Crippen LogP contribution in [0.5, 0.6) is 34.5 Å². The monoisotopic (exact) mass is 918 g/mol. The molecule has 7 rings (SSSR count). The number of carbonyl (C=O) groups excluding carboxylic acids is 1. The first-order chi connectivity index (χ1) is 30.8. The van der Waals surface area contributed by atoms with Crippen LogP contribution in [-0.4, -0.2) is 178 Å². The zero-order valence-corrected chi connectivity index (χ0v) is 33.8. The number of fused-ring (bicyclic) bond motifs is 1. The number of aromatic hydroxyl groups is 4. The summed E-state index contributed by atoms with van der Waals surface area (Å²) < 4.78 is 44.9. The SMILES string of the molecule is C[C@@H]1O[C@@H](Oc2cc(O)c3c(=O)c(O[C@@H]4O[C@H](CO[C@@H]5O[C@H](COC(=O)/C=C/c6ccc(O)cc6)[C@@H](O)[C@H](O)[C@H]5O)[C@@H](O)[C@H](O)[C@H]4O)c(-c4ccc(O)c(O)c4)oc3c2)[C@H](O)[C@H](O)[C@H]1O. The molecule has 4 aromatic rings. The molecule has 23 heteroatoms. The zero-order valence-electron chi connectivity index (χ0n) is 33.8. The van der Waals surface area contributed by atoms with Crippen LogP contribution in [0.1, 0.15) is 12.5 Å². The van der Waals surface area contributed by atoms with Crippen molar-refractivity contribution in [3.05, 3.63) is 76.5 Å². The number of rotatable bonds is 12. The van der Waals surface area contributed by atoms with E-state index in [9.17, 15) is 76.0 Å². The number of esters is 1. The van der Waals surface area contributed by atoms with Crippen molar-refractivity contribution in [2.45, 2.75) is 99.0 Å². The number of aliphatic hydroxyl groups excluding tert-OH is 9. The minimum atomic E-state index is -2.12. The van der Waals surface area contributed by atoms with E-state index in [1.807, 2.05) is 0 Å². The molecule has 0 bridgehead atoms. The summed E-state index contributed by atoms with van der Waals surface area (Å²) in [5, 5.41) is 136. The first kappa shape index (κ1) is 47.3. The van der Waals surface area contributed by atoms with Gasteiger partial charge in [-0.2, -0.15) is 0 Å². The molecule has 0 spiro atoms. The maximum Gasteiger partial charge on any atom is 0.330 e. The van der Waals surface area contributed by atoms with Gasteiger partial charge in [0.2, 0.25) is 23.8 Å². The van der Waals surface area contributed by atoms with Crippen molar-refractivity contribution in [1.82, 2.24) is 0 Å². The summed E-state index contributed by atoms with van der Waals surface area (Å²) >= 11 is 0. The van der Waals surface area contributed by atoms with Gasteiger partial charge in [0, 0.05) is 23.8 Å². The largest absolute Gasteiger partial charge is 0.508 e. The molecule has 4 heterocycles. The van der Waals surface area contributed by atoms with Gasteiger partial charge < -0.3 is 104 Å². The van der Waals surface area contributed by atoms with Gasteiger partial charge in [0.15, 0.2) is 23.5 Å². The van der Waals surface area contributed by atoms with Crippen molar-refractivity contribution in [3.8, 4) is 45.8 Å². The third kappa shape index (κ3) is 9.97. The van der Waals surface area contributed by atoms with Crippen LogP contribution in [0.3, 0.4) is 0 Å². The van der Waals surface area contributed by atoms with Gasteiger partial charge in [0.1, 0.15) is 102 Å². The van der Waals surface area contributed by atoms with Crippen LogP contribution < -0.4 is 14.9 Å². The highest BCUT2D eigenvalue weighted by molar-refractivity contribution is 5.89. The van der Waals surface area contributed by atoms with E-state index in [4.69, 9.17) is 37.6 Å². The molecule has 0 amide bonds. The standard InChI is InChI=1S/C42H46O23/c1-15-28(48)32(52)36(56)41(60-15)61-19-11-22(46)27-23(12-19)62-38(17-5-8-20(44)21(45)10-17)39(31(27)51)65-42-37(57)34(54)30(50)25(64-42)14-59-40-35(55)33(53)29(49)24(63-40)13-58-26(47)9-4-16-2-6-18(43)7-3-16/h2-12,15,24-25,28-30,32-37,40-46,48-50,52-57H,13-14H2,1H3/b9-4+/t15-,24+,25+,28-,29+,30+,32+,33-,34-,35+,36+,37+,40+,41-,42-/m0/s1. The second-order valence-corrected chi connectivity index (χ2v) is 15.4. The fourth-order valence-corrected chi connectivity index (χ4v) is 7.14. The number of hydrogen-bond donors (Lipinski definition) is 13. The summed E-state index contributed by atoms with van der Waals surface area (Å²) in [6, 6.07) is 11.0. The van der Waals surface area contributed by atoms with Crippen LogP contribution in [0.4, 0.5) is 0 Å². The van der Waals surface area contributed by atoms with Gasteiger partial charge in [-0.05, 0) is 48.9 Å². The highest BCUT2D eigenvalue weighted by Crippen LogP contribution is 2.40. The van der Waals surface area contributed by atoms with Crippen molar-refractivity contribution in [2.75, 3.05) is 13.2 Å². The average molecular weight is 919 g/mol. The Morgan fingerprint density at radius 3 is 1.89 bits per heavy atom. The Balaban J connectivity index is 1.10. The Kier molecular flexibility index (Phi) is 14.2. The van der Waals surface area contributed by atoms with E-state index in [1.54, 1.807) is 0 Å². The summed E-state index contributed by atoms with van der Waals surface area (Å²) in [5.74, 6) is -4.52. The van der Waals surface area contributed by atoms with Crippen molar-refractivity contribution < 1.29 is 109 Å². The molecule has 0 unspecified atom stereocenters. The Morgan fingerprint density at radius 1 is 0.631 bits per heavy atom. The molecule has 352 valence electrons. The van der Waals surface area contributed by atoms with E-state index in [2.05, 4.69) is 0 Å². The minimum absolute atomic E-state index is 0.0114. The Labute approximate surface area is 365 Å². The molecule has 3 aliphatic heterocycles. The number of hydrogen-bond acceptors (Lipinski definition) is 23. The number of ether oxygens (including phenoxy) is 7. The van der Waals surface area contributed by atoms with Crippen LogP contribution in [0.25, 0.3) is 28.4 Å². The van der Waals surface area contributed by atoms with Crippen molar-refractivity contribution in [1.29, 1.82) is 0 Å². The summed E-state index contributed by atoms with van der Waals surface area (Å²) in [7, 11) is 0. The molecule has 0 saturated carbocycles. The lowest BCUT2D eigenvalue weighted by Gasteiger charge is -2.42. The number of phenols is 4. The number of carbonyl (C=O) groups is 1. The zero-order chi connectivity index (χ0) is 47.0. The lowest BCUT2D eigenvalue weighted by molar-refractivity contribution is -0.323. The quantitative estimate of drug-likeness (QED) is 0.0406. The van der Waals surface area contributed by atoms with Gasteiger partial charge in [0.05, 0.1) is 12.7 Å². The predicted molar refractivity (Wildman–Crippen MR) is 214 cm³/mol. The Bertz CT molecular complexity index is 2400. The van der Waals surface area contributed by atoms with Crippen LogP contribution in [0, 0.1) is 0 Å². The second-order valence-electron chi connectivity index (χ2n) is 15.4. The molecule has 3 fully saturated rings. The van der Waals surface area contributed by atoms with Crippen LogP contribution in [0.15, 0.2) is 69.9 Å². The van der Waals surface area contributed by atoms with E-state index in [0.29, 0.717) is 5.56 Å². The molecule has 0 radical (unpaired) electrons. The fraction of sp³-hybridized carbons (Fsp3) is 0.429. The maximum absolute atomic E-state index is 14.2. The van der Waals surface area contributed by atoms with E-state index in [-0.39, 0.29) is 17.1 Å². The van der Waals surface area contributed by atoms with Crippen molar-refractivity contribution in [2.24, 2.45) is 0 Å². The van der Waals surface area contributed by atoms with Crippen molar-refractivity contribution in [3.63, 3.8) is 0 Å².